The van der Waals surface area contributed by atoms with Crippen LogP contribution in [0.4, 0.5) is 18.0 Å². The van der Waals surface area contributed by atoms with Gasteiger partial charge in [0.1, 0.15) is 0 Å². The third-order valence-electron chi connectivity index (χ3n) is 7.08. The van der Waals surface area contributed by atoms with E-state index in [-0.39, 0.29) is 23.6 Å². The Kier molecular flexibility index (Phi) is 6.03. The highest BCUT2D eigenvalue weighted by Gasteiger charge is 2.45. The number of rotatable bonds is 4. The van der Waals surface area contributed by atoms with Gasteiger partial charge in [0.2, 0.25) is 5.91 Å². The average molecular weight is 463 g/mol. The molecular formula is C24H29F3N4O2. The van der Waals surface area contributed by atoms with E-state index < -0.39 is 23.2 Å². The molecule has 2 saturated heterocycles. The summed E-state index contributed by atoms with van der Waals surface area (Å²) < 4.78 is 39.8. The number of alkyl halides is 3. The van der Waals surface area contributed by atoms with E-state index in [1.807, 2.05) is 0 Å². The summed E-state index contributed by atoms with van der Waals surface area (Å²) >= 11 is 0. The van der Waals surface area contributed by atoms with Crippen LogP contribution in [0.1, 0.15) is 48.8 Å². The van der Waals surface area contributed by atoms with E-state index in [1.165, 1.54) is 24.0 Å². The van der Waals surface area contributed by atoms with E-state index in [9.17, 15) is 22.8 Å². The highest BCUT2D eigenvalue weighted by Crippen LogP contribution is 2.37. The SMILES string of the molecule is Cc1ccc(/C=C/C2(CC(N)=O)C=CN2C(=O)N2CCC3(CCCN3)CC2)cc1C(F)(F)F. The fourth-order valence-corrected chi connectivity index (χ4v) is 5.06. The summed E-state index contributed by atoms with van der Waals surface area (Å²) in [6, 6.07) is 3.82. The Balaban J connectivity index is 1.53. The summed E-state index contributed by atoms with van der Waals surface area (Å²) in [7, 11) is 0. The van der Waals surface area contributed by atoms with E-state index in [4.69, 9.17) is 5.73 Å². The molecule has 0 aromatic heterocycles. The quantitative estimate of drug-likeness (QED) is 0.714. The number of primary amides is 1. The fraction of sp³-hybridized carbons (Fsp3) is 0.500. The number of halogens is 3. The first kappa shape index (κ1) is 23.4. The van der Waals surface area contributed by atoms with E-state index in [0.717, 1.165) is 38.3 Å². The zero-order valence-electron chi connectivity index (χ0n) is 18.6. The minimum atomic E-state index is -4.46. The minimum Gasteiger partial charge on any atom is -0.370 e. The zero-order chi connectivity index (χ0) is 23.9. The predicted molar refractivity (Wildman–Crippen MR) is 119 cm³/mol. The molecule has 2 fully saturated rings. The maximum Gasteiger partial charge on any atom is 0.416 e. The maximum absolute atomic E-state index is 13.3. The number of likely N-dealkylation sites (tertiary alicyclic amines) is 1. The Labute approximate surface area is 191 Å². The lowest BCUT2D eigenvalue weighted by atomic mass is 9.85. The smallest absolute Gasteiger partial charge is 0.370 e. The molecule has 1 unspecified atom stereocenters. The first-order chi connectivity index (χ1) is 15.5. The molecule has 1 aromatic carbocycles. The van der Waals surface area contributed by atoms with Crippen molar-refractivity contribution in [2.45, 2.75) is 56.3 Å². The molecule has 1 aromatic rings. The molecule has 0 saturated carbocycles. The van der Waals surface area contributed by atoms with Gasteiger partial charge in [0.05, 0.1) is 17.5 Å². The van der Waals surface area contributed by atoms with Crippen LogP contribution in [0, 0.1) is 6.92 Å². The van der Waals surface area contributed by atoms with Crippen LogP contribution in [0.15, 0.2) is 36.6 Å². The van der Waals surface area contributed by atoms with Crippen molar-refractivity contribution in [1.82, 2.24) is 15.1 Å². The normalized spacial score (nSPS) is 24.5. The lowest BCUT2D eigenvalue weighted by Gasteiger charge is -2.48. The van der Waals surface area contributed by atoms with Gasteiger partial charge in [-0.15, -0.1) is 0 Å². The third kappa shape index (κ3) is 4.64. The van der Waals surface area contributed by atoms with Gasteiger partial charge in [-0.05, 0) is 62.4 Å². The standard InChI is InChI=1S/C24H29F3N4O2/c1-17-3-4-18(15-19(17)24(25,26)27)5-7-23(16-20(28)32)10-14-31(23)21(33)30-12-8-22(9-13-30)6-2-11-29-22/h3-5,7,10,14-15,29H,2,6,8-9,11-13,16H2,1H3,(H2,28,32)/b7-5+. The molecule has 9 heteroatoms. The van der Waals surface area contributed by atoms with E-state index in [0.29, 0.717) is 18.7 Å². The van der Waals surface area contributed by atoms with Gasteiger partial charge in [0, 0.05) is 24.8 Å². The Bertz CT molecular complexity index is 988. The lowest BCUT2D eigenvalue weighted by molar-refractivity contribution is -0.138. The summed E-state index contributed by atoms with van der Waals surface area (Å²) in [5.74, 6) is -0.602. The number of carbonyl (C=O) groups excluding carboxylic acids is 2. The van der Waals surface area contributed by atoms with Crippen molar-refractivity contribution in [2.24, 2.45) is 5.73 Å². The van der Waals surface area contributed by atoms with Gasteiger partial charge in [0.15, 0.2) is 0 Å². The number of amides is 3. The summed E-state index contributed by atoms with van der Waals surface area (Å²) in [4.78, 5) is 28.3. The van der Waals surface area contributed by atoms with Crippen LogP contribution in [0.5, 0.6) is 0 Å². The number of nitrogens with two attached hydrogens (primary N) is 1. The third-order valence-corrected chi connectivity index (χ3v) is 7.08. The summed E-state index contributed by atoms with van der Waals surface area (Å²) in [6.45, 7) is 3.63. The van der Waals surface area contributed by atoms with Crippen molar-refractivity contribution >= 4 is 18.0 Å². The Morgan fingerprint density at radius 3 is 2.48 bits per heavy atom. The van der Waals surface area contributed by atoms with Crippen molar-refractivity contribution in [2.75, 3.05) is 19.6 Å². The molecular weight excluding hydrogens is 433 g/mol. The highest BCUT2D eigenvalue weighted by molar-refractivity contribution is 5.84. The molecule has 1 spiro atoms. The molecule has 0 radical (unpaired) electrons. The summed E-state index contributed by atoms with van der Waals surface area (Å²) in [5, 5.41) is 3.57. The second-order valence-electron chi connectivity index (χ2n) is 9.31. The molecule has 3 aliphatic heterocycles. The van der Waals surface area contributed by atoms with Gasteiger partial charge in [-0.2, -0.15) is 13.2 Å². The molecule has 0 bridgehead atoms. The van der Waals surface area contributed by atoms with Crippen LogP contribution in [-0.4, -0.2) is 52.5 Å². The van der Waals surface area contributed by atoms with Gasteiger partial charge >= 0.3 is 12.2 Å². The Morgan fingerprint density at radius 2 is 1.94 bits per heavy atom. The molecule has 0 aliphatic carbocycles. The topological polar surface area (TPSA) is 78.7 Å². The summed E-state index contributed by atoms with van der Waals surface area (Å²) in [5.41, 5.74) is 4.24. The minimum absolute atomic E-state index is 0.118. The van der Waals surface area contributed by atoms with Gasteiger partial charge in [0.25, 0.3) is 0 Å². The number of urea groups is 1. The number of nitrogens with zero attached hydrogens (tertiary/aromatic N) is 2. The molecule has 4 rings (SSSR count). The molecule has 1 atom stereocenters. The first-order valence-electron chi connectivity index (χ1n) is 11.2. The van der Waals surface area contributed by atoms with Gasteiger partial charge in [-0.25, -0.2) is 4.79 Å². The highest BCUT2D eigenvalue weighted by atomic mass is 19.4. The number of piperidine rings is 1. The zero-order valence-corrected chi connectivity index (χ0v) is 18.6. The van der Waals surface area contributed by atoms with E-state index in [2.05, 4.69) is 5.32 Å². The van der Waals surface area contributed by atoms with E-state index >= 15 is 0 Å². The number of hydrogen-bond acceptors (Lipinski definition) is 3. The van der Waals surface area contributed by atoms with Gasteiger partial charge < -0.3 is 16.0 Å². The van der Waals surface area contributed by atoms with Crippen LogP contribution in [0.2, 0.25) is 0 Å². The van der Waals surface area contributed by atoms with Crippen molar-refractivity contribution in [3.8, 4) is 0 Å². The summed E-state index contributed by atoms with van der Waals surface area (Å²) in [6.07, 6.45) is 5.78. The van der Waals surface area contributed by atoms with Crippen LogP contribution < -0.4 is 11.1 Å². The molecule has 3 amide bonds. The predicted octanol–water partition coefficient (Wildman–Crippen LogP) is 3.81. The van der Waals surface area contributed by atoms with Crippen LogP contribution in [0.3, 0.4) is 0 Å². The van der Waals surface area contributed by atoms with Crippen molar-refractivity contribution < 1.29 is 22.8 Å². The molecule has 3 aliphatic rings. The van der Waals surface area contributed by atoms with Crippen LogP contribution in [-0.2, 0) is 11.0 Å². The number of benzene rings is 1. The molecule has 33 heavy (non-hydrogen) atoms. The molecule has 3 N–H and O–H groups in total. The number of nitrogens with one attached hydrogen (secondary N) is 1. The largest absolute Gasteiger partial charge is 0.416 e. The van der Waals surface area contributed by atoms with Gasteiger partial charge in [-0.3, -0.25) is 9.69 Å². The maximum atomic E-state index is 13.3. The number of aryl methyl sites for hydroxylation is 1. The van der Waals surface area contributed by atoms with Crippen LogP contribution >= 0.6 is 0 Å². The average Bonchev–Trinajstić information content (AvgIpc) is 3.18. The lowest BCUT2D eigenvalue weighted by Crippen LogP contribution is -2.60. The van der Waals surface area contributed by atoms with Gasteiger partial charge in [-0.1, -0.05) is 24.3 Å². The second kappa shape index (κ2) is 8.52. The van der Waals surface area contributed by atoms with E-state index in [1.54, 1.807) is 29.3 Å². The molecule has 6 nitrogen and oxygen atoms in total. The monoisotopic (exact) mass is 462 g/mol. The van der Waals surface area contributed by atoms with Crippen molar-refractivity contribution in [1.29, 1.82) is 0 Å². The van der Waals surface area contributed by atoms with Crippen molar-refractivity contribution in [3.05, 3.63) is 53.2 Å². The van der Waals surface area contributed by atoms with Crippen molar-refractivity contribution in [3.63, 3.8) is 0 Å². The second-order valence-corrected chi connectivity index (χ2v) is 9.31. The molecule has 178 valence electrons. The fourth-order valence-electron chi connectivity index (χ4n) is 5.06. The Morgan fingerprint density at radius 1 is 1.21 bits per heavy atom. The Hall–Kier alpha value is -2.81. The molecule has 3 heterocycles. The first-order valence-corrected chi connectivity index (χ1v) is 11.2. The van der Waals surface area contributed by atoms with Crippen LogP contribution in [0.25, 0.3) is 6.08 Å². The number of carbonyl (C=O) groups is 2. The number of hydrogen-bond donors (Lipinski definition) is 2.